The third-order valence-electron chi connectivity index (χ3n) is 4.95. The average Bonchev–Trinajstić information content (AvgIpc) is 3.17. The largest absolute Gasteiger partial charge is 0.376 e. The molecule has 4 nitrogen and oxygen atoms in total. The van der Waals surface area contributed by atoms with E-state index in [0.717, 1.165) is 45.4 Å². The van der Waals surface area contributed by atoms with Gasteiger partial charge >= 0.3 is 0 Å². The van der Waals surface area contributed by atoms with Gasteiger partial charge in [-0.15, -0.1) is 0 Å². The Morgan fingerprint density at radius 1 is 1.23 bits per heavy atom. The molecule has 3 atom stereocenters. The summed E-state index contributed by atoms with van der Waals surface area (Å²) in [5.41, 5.74) is 7.25. The predicted molar refractivity (Wildman–Crippen MR) is 86.1 cm³/mol. The zero-order chi connectivity index (χ0) is 15.4. The Bertz CT molecular complexity index is 491. The molecule has 1 saturated carbocycles. The van der Waals surface area contributed by atoms with E-state index < -0.39 is 0 Å². The molecule has 2 aliphatic rings. The van der Waals surface area contributed by atoms with Crippen molar-refractivity contribution in [3.63, 3.8) is 0 Å². The first-order valence-electron chi connectivity index (χ1n) is 8.40. The van der Waals surface area contributed by atoms with E-state index in [1.807, 2.05) is 23.1 Å². The minimum absolute atomic E-state index is 0.0592. The summed E-state index contributed by atoms with van der Waals surface area (Å²) in [6.07, 6.45) is 4.09. The van der Waals surface area contributed by atoms with E-state index in [-0.39, 0.29) is 17.9 Å². The maximum atomic E-state index is 12.5. The number of carbonyl (C=O) groups is 1. The Morgan fingerprint density at radius 3 is 2.77 bits per heavy atom. The molecule has 1 aromatic carbocycles. The van der Waals surface area contributed by atoms with E-state index in [9.17, 15) is 4.79 Å². The lowest BCUT2D eigenvalue weighted by atomic mass is 10.0. The Hall–Kier alpha value is -1.39. The SMILES string of the molecule is N[C@@H]1CCC[C@@H]1C(=O)N1CC[C@@H](COCc2ccccc2)C1. The summed E-state index contributed by atoms with van der Waals surface area (Å²) in [5.74, 6) is 0.796. The molecule has 1 saturated heterocycles. The molecule has 1 aliphatic carbocycles. The summed E-state index contributed by atoms with van der Waals surface area (Å²) < 4.78 is 5.82. The first kappa shape index (κ1) is 15.5. The molecule has 120 valence electrons. The van der Waals surface area contributed by atoms with Crippen LogP contribution in [0, 0.1) is 11.8 Å². The molecule has 0 radical (unpaired) electrons. The average molecular weight is 302 g/mol. The van der Waals surface area contributed by atoms with E-state index in [1.165, 1.54) is 5.56 Å². The zero-order valence-corrected chi connectivity index (χ0v) is 13.1. The van der Waals surface area contributed by atoms with Crippen LogP contribution in [0.25, 0.3) is 0 Å². The molecular formula is C18H26N2O2. The van der Waals surface area contributed by atoms with Crippen molar-refractivity contribution < 1.29 is 9.53 Å². The van der Waals surface area contributed by atoms with Crippen molar-refractivity contribution in [2.75, 3.05) is 19.7 Å². The number of hydrogen-bond acceptors (Lipinski definition) is 3. The fraction of sp³-hybridized carbons (Fsp3) is 0.611. The molecule has 0 spiro atoms. The number of nitrogens with two attached hydrogens (primary N) is 1. The Labute approximate surface area is 132 Å². The van der Waals surface area contributed by atoms with Crippen LogP contribution in [0.5, 0.6) is 0 Å². The number of ether oxygens (including phenoxy) is 1. The molecule has 2 fully saturated rings. The monoisotopic (exact) mass is 302 g/mol. The Balaban J connectivity index is 1.41. The van der Waals surface area contributed by atoms with Crippen molar-refractivity contribution >= 4 is 5.91 Å². The highest BCUT2D eigenvalue weighted by atomic mass is 16.5. The molecule has 1 amide bonds. The maximum Gasteiger partial charge on any atom is 0.227 e. The second-order valence-corrected chi connectivity index (χ2v) is 6.64. The number of benzene rings is 1. The number of amides is 1. The highest BCUT2D eigenvalue weighted by Gasteiger charge is 2.36. The van der Waals surface area contributed by atoms with Crippen LogP contribution >= 0.6 is 0 Å². The van der Waals surface area contributed by atoms with E-state index in [1.54, 1.807) is 0 Å². The van der Waals surface area contributed by atoms with Gasteiger partial charge in [-0.3, -0.25) is 4.79 Å². The molecule has 2 N–H and O–H groups in total. The second kappa shape index (κ2) is 7.25. The van der Waals surface area contributed by atoms with Crippen molar-refractivity contribution in [3.8, 4) is 0 Å². The number of hydrogen-bond donors (Lipinski definition) is 1. The number of likely N-dealkylation sites (tertiary alicyclic amines) is 1. The molecule has 22 heavy (non-hydrogen) atoms. The topological polar surface area (TPSA) is 55.6 Å². The summed E-state index contributed by atoms with van der Waals surface area (Å²) in [6, 6.07) is 10.3. The van der Waals surface area contributed by atoms with Crippen LogP contribution in [0.1, 0.15) is 31.2 Å². The zero-order valence-electron chi connectivity index (χ0n) is 13.1. The van der Waals surface area contributed by atoms with Gasteiger partial charge in [-0.05, 0) is 24.8 Å². The maximum absolute atomic E-state index is 12.5. The van der Waals surface area contributed by atoms with E-state index >= 15 is 0 Å². The molecule has 1 aliphatic heterocycles. The van der Waals surface area contributed by atoms with Crippen molar-refractivity contribution in [1.82, 2.24) is 4.90 Å². The van der Waals surface area contributed by atoms with Gasteiger partial charge in [0.05, 0.1) is 19.1 Å². The van der Waals surface area contributed by atoms with Crippen molar-refractivity contribution in [1.29, 1.82) is 0 Å². The van der Waals surface area contributed by atoms with Crippen molar-refractivity contribution in [3.05, 3.63) is 35.9 Å². The summed E-state index contributed by atoms with van der Waals surface area (Å²) in [7, 11) is 0. The Morgan fingerprint density at radius 2 is 2.05 bits per heavy atom. The highest BCUT2D eigenvalue weighted by Crippen LogP contribution is 2.28. The smallest absolute Gasteiger partial charge is 0.227 e. The van der Waals surface area contributed by atoms with Crippen LogP contribution in [-0.2, 0) is 16.1 Å². The van der Waals surface area contributed by atoms with Gasteiger partial charge in [0.15, 0.2) is 0 Å². The lowest BCUT2D eigenvalue weighted by molar-refractivity contribution is -0.134. The van der Waals surface area contributed by atoms with Crippen LogP contribution < -0.4 is 5.73 Å². The number of rotatable bonds is 5. The predicted octanol–water partition coefficient (Wildman–Crippen LogP) is 2.18. The normalized spacial score (nSPS) is 28.2. The minimum Gasteiger partial charge on any atom is -0.376 e. The van der Waals surface area contributed by atoms with Gasteiger partial charge < -0.3 is 15.4 Å². The van der Waals surface area contributed by atoms with Crippen LogP contribution in [0.15, 0.2) is 30.3 Å². The quantitative estimate of drug-likeness (QED) is 0.907. The van der Waals surface area contributed by atoms with Gasteiger partial charge in [0.25, 0.3) is 0 Å². The summed E-state index contributed by atoms with van der Waals surface area (Å²) >= 11 is 0. The highest BCUT2D eigenvalue weighted by molar-refractivity contribution is 5.80. The molecule has 3 rings (SSSR count). The summed E-state index contributed by atoms with van der Waals surface area (Å²) in [5, 5.41) is 0. The third-order valence-corrected chi connectivity index (χ3v) is 4.95. The molecule has 4 heteroatoms. The summed E-state index contributed by atoms with van der Waals surface area (Å²) in [6.45, 7) is 3.08. The van der Waals surface area contributed by atoms with Crippen molar-refractivity contribution in [2.24, 2.45) is 17.6 Å². The number of carbonyl (C=O) groups excluding carboxylic acids is 1. The van der Waals surface area contributed by atoms with Crippen LogP contribution in [0.4, 0.5) is 0 Å². The van der Waals surface area contributed by atoms with Crippen molar-refractivity contribution in [2.45, 2.75) is 38.3 Å². The summed E-state index contributed by atoms with van der Waals surface area (Å²) in [4.78, 5) is 14.5. The fourth-order valence-corrected chi connectivity index (χ4v) is 3.62. The van der Waals surface area contributed by atoms with Crippen LogP contribution in [-0.4, -0.2) is 36.5 Å². The lowest BCUT2D eigenvalue weighted by Crippen LogP contribution is -2.40. The van der Waals surface area contributed by atoms with Gasteiger partial charge in [0.2, 0.25) is 5.91 Å². The van der Waals surface area contributed by atoms with E-state index in [2.05, 4.69) is 12.1 Å². The standard InChI is InChI=1S/C18H26N2O2/c19-17-8-4-7-16(17)18(21)20-10-9-15(11-20)13-22-12-14-5-2-1-3-6-14/h1-3,5-6,15-17H,4,7-13,19H2/t15-,16+,17-/m1/s1. The third kappa shape index (κ3) is 3.68. The molecule has 1 aromatic rings. The van der Waals surface area contributed by atoms with Gasteiger partial charge in [-0.1, -0.05) is 36.8 Å². The van der Waals surface area contributed by atoms with Crippen LogP contribution in [0.2, 0.25) is 0 Å². The molecule has 0 aromatic heterocycles. The molecular weight excluding hydrogens is 276 g/mol. The van der Waals surface area contributed by atoms with Gasteiger partial charge in [0.1, 0.15) is 0 Å². The molecule has 1 heterocycles. The molecule has 0 unspecified atom stereocenters. The van der Waals surface area contributed by atoms with Gasteiger partial charge in [-0.25, -0.2) is 0 Å². The first-order valence-corrected chi connectivity index (χ1v) is 8.40. The Kier molecular flexibility index (Phi) is 5.11. The van der Waals surface area contributed by atoms with Gasteiger partial charge in [-0.2, -0.15) is 0 Å². The fourth-order valence-electron chi connectivity index (χ4n) is 3.62. The number of nitrogens with zero attached hydrogens (tertiary/aromatic N) is 1. The second-order valence-electron chi connectivity index (χ2n) is 6.64. The first-order chi connectivity index (χ1) is 10.7. The van der Waals surface area contributed by atoms with E-state index in [0.29, 0.717) is 12.5 Å². The van der Waals surface area contributed by atoms with E-state index in [4.69, 9.17) is 10.5 Å². The minimum atomic E-state index is 0.0592. The molecule has 0 bridgehead atoms. The van der Waals surface area contributed by atoms with Gasteiger partial charge in [0, 0.05) is 25.0 Å². The lowest BCUT2D eigenvalue weighted by Gasteiger charge is -2.23. The van der Waals surface area contributed by atoms with Crippen LogP contribution in [0.3, 0.4) is 0 Å².